The van der Waals surface area contributed by atoms with E-state index in [1.54, 1.807) is 18.0 Å². The van der Waals surface area contributed by atoms with Crippen LogP contribution >= 0.6 is 0 Å². The van der Waals surface area contributed by atoms with E-state index in [2.05, 4.69) is 4.74 Å². The van der Waals surface area contributed by atoms with Crippen molar-refractivity contribution < 1.29 is 27.8 Å². The van der Waals surface area contributed by atoms with Gasteiger partial charge in [-0.1, -0.05) is 6.42 Å². The van der Waals surface area contributed by atoms with Crippen LogP contribution < -0.4 is 19.9 Å². The van der Waals surface area contributed by atoms with Crippen LogP contribution in [-0.2, 0) is 11.3 Å². The van der Waals surface area contributed by atoms with Gasteiger partial charge in [0.15, 0.2) is 11.5 Å². The number of ether oxygens (including phenoxy) is 3. The highest BCUT2D eigenvalue weighted by atomic mass is 19.3. The molecule has 1 amide bonds. The Hall–Kier alpha value is -2.09. The lowest BCUT2D eigenvalue weighted by molar-refractivity contribution is -0.137. The number of carbonyl (C=O) groups is 1. The first-order valence-corrected chi connectivity index (χ1v) is 9.80. The SMILES string of the molecule is CN(Cc1cc2c(cc1OC(F)F)OCO2)C(=O)C1CC2CCCC(C1)C2N. The van der Waals surface area contributed by atoms with E-state index in [0.29, 0.717) is 28.9 Å². The molecule has 0 spiro atoms. The number of nitrogens with two attached hydrogens (primary N) is 1. The van der Waals surface area contributed by atoms with E-state index < -0.39 is 6.61 Å². The Labute approximate surface area is 162 Å². The largest absolute Gasteiger partial charge is 0.454 e. The van der Waals surface area contributed by atoms with Crippen molar-refractivity contribution in [3.63, 3.8) is 0 Å². The Morgan fingerprint density at radius 2 is 1.89 bits per heavy atom. The zero-order valence-corrected chi connectivity index (χ0v) is 15.9. The minimum Gasteiger partial charge on any atom is -0.454 e. The molecule has 1 aromatic carbocycles. The highest BCUT2D eigenvalue weighted by Crippen LogP contribution is 2.43. The monoisotopic (exact) mass is 396 g/mol. The normalized spacial score (nSPS) is 28.3. The van der Waals surface area contributed by atoms with Gasteiger partial charge in [-0.3, -0.25) is 4.79 Å². The topological polar surface area (TPSA) is 74.0 Å². The van der Waals surface area contributed by atoms with Gasteiger partial charge in [-0.15, -0.1) is 0 Å². The third-order valence-corrected chi connectivity index (χ3v) is 6.32. The van der Waals surface area contributed by atoms with Gasteiger partial charge in [0, 0.05) is 37.2 Å². The summed E-state index contributed by atoms with van der Waals surface area (Å²) in [6.45, 7) is -2.76. The average Bonchev–Trinajstić information content (AvgIpc) is 3.07. The zero-order valence-electron chi connectivity index (χ0n) is 15.9. The van der Waals surface area contributed by atoms with Crippen LogP contribution in [0.25, 0.3) is 0 Å². The number of rotatable bonds is 5. The molecule has 2 saturated carbocycles. The van der Waals surface area contributed by atoms with Crippen LogP contribution in [0.4, 0.5) is 8.78 Å². The minimum absolute atomic E-state index is 0.00133. The molecular weight excluding hydrogens is 370 g/mol. The van der Waals surface area contributed by atoms with Gasteiger partial charge in [-0.25, -0.2) is 0 Å². The van der Waals surface area contributed by atoms with Crippen molar-refractivity contribution in [2.24, 2.45) is 23.5 Å². The fourth-order valence-corrected chi connectivity index (χ4v) is 4.93. The smallest absolute Gasteiger partial charge is 0.387 e. The molecule has 0 aromatic heterocycles. The van der Waals surface area contributed by atoms with E-state index in [4.69, 9.17) is 15.2 Å². The zero-order chi connectivity index (χ0) is 19.8. The Kier molecular flexibility index (Phi) is 5.31. The first-order chi connectivity index (χ1) is 13.4. The first kappa shape index (κ1) is 19.2. The maximum atomic E-state index is 13.0. The first-order valence-electron chi connectivity index (χ1n) is 9.80. The molecule has 1 heterocycles. The predicted octanol–water partition coefficient (Wildman–Crippen LogP) is 3.13. The van der Waals surface area contributed by atoms with Crippen molar-refractivity contribution in [1.82, 2.24) is 4.90 Å². The van der Waals surface area contributed by atoms with Gasteiger partial charge in [0.2, 0.25) is 12.7 Å². The summed E-state index contributed by atoms with van der Waals surface area (Å²) in [6, 6.07) is 3.20. The predicted molar refractivity (Wildman–Crippen MR) is 97.2 cm³/mol. The molecule has 2 N–H and O–H groups in total. The van der Waals surface area contributed by atoms with Gasteiger partial charge in [0.05, 0.1) is 0 Å². The Bertz CT molecular complexity index is 731. The van der Waals surface area contributed by atoms with Gasteiger partial charge in [0.1, 0.15) is 5.75 Å². The molecular formula is C20H26F2N2O4. The van der Waals surface area contributed by atoms with Crippen molar-refractivity contribution in [3.05, 3.63) is 17.7 Å². The molecule has 2 unspecified atom stereocenters. The summed E-state index contributed by atoms with van der Waals surface area (Å²) in [4.78, 5) is 14.6. The molecule has 2 bridgehead atoms. The van der Waals surface area contributed by atoms with E-state index in [1.165, 1.54) is 12.5 Å². The summed E-state index contributed by atoms with van der Waals surface area (Å²) in [5, 5.41) is 0. The maximum Gasteiger partial charge on any atom is 0.387 e. The molecule has 154 valence electrons. The van der Waals surface area contributed by atoms with Crippen LogP contribution in [0.5, 0.6) is 17.2 Å². The van der Waals surface area contributed by atoms with Crippen LogP contribution in [-0.4, -0.2) is 37.3 Å². The van der Waals surface area contributed by atoms with Crippen molar-refractivity contribution in [1.29, 1.82) is 0 Å². The molecule has 2 atom stereocenters. The standard InChI is InChI=1S/C20H26F2N2O4/c1-24(19(25)13-5-11-3-2-4-12(6-13)18(11)23)9-14-7-16-17(27-10-26-16)8-15(14)28-20(21)22/h7-8,11-13,18,20H,2-6,9-10,23H2,1H3. The number of alkyl halides is 2. The van der Waals surface area contributed by atoms with Crippen molar-refractivity contribution in [2.45, 2.75) is 51.3 Å². The molecule has 28 heavy (non-hydrogen) atoms. The van der Waals surface area contributed by atoms with Crippen LogP contribution in [0.15, 0.2) is 12.1 Å². The fraction of sp³-hybridized carbons (Fsp3) is 0.650. The highest BCUT2D eigenvalue weighted by Gasteiger charge is 2.41. The van der Waals surface area contributed by atoms with E-state index in [1.807, 2.05) is 0 Å². The van der Waals surface area contributed by atoms with Gasteiger partial charge >= 0.3 is 6.61 Å². The molecule has 1 aliphatic heterocycles. The highest BCUT2D eigenvalue weighted by molar-refractivity contribution is 5.79. The number of amides is 1. The lowest BCUT2D eigenvalue weighted by Gasteiger charge is -2.44. The molecule has 8 heteroatoms. The molecule has 3 aliphatic rings. The number of fused-ring (bicyclic) bond motifs is 3. The quantitative estimate of drug-likeness (QED) is 0.828. The minimum atomic E-state index is -2.96. The van der Waals surface area contributed by atoms with Crippen LogP contribution in [0.2, 0.25) is 0 Å². The molecule has 0 radical (unpaired) electrons. The van der Waals surface area contributed by atoms with Gasteiger partial charge in [-0.05, 0) is 43.6 Å². The summed E-state index contributed by atoms with van der Waals surface area (Å²) in [6.07, 6.45) is 4.97. The van der Waals surface area contributed by atoms with Crippen molar-refractivity contribution >= 4 is 5.91 Å². The number of hydrogen-bond donors (Lipinski definition) is 1. The molecule has 1 aromatic rings. The fourth-order valence-electron chi connectivity index (χ4n) is 4.93. The average molecular weight is 396 g/mol. The second kappa shape index (κ2) is 7.73. The summed E-state index contributed by atoms with van der Waals surface area (Å²) in [5.74, 6) is 1.61. The third kappa shape index (κ3) is 3.74. The Balaban J connectivity index is 1.48. The molecule has 6 nitrogen and oxygen atoms in total. The van der Waals surface area contributed by atoms with E-state index >= 15 is 0 Å². The number of nitrogens with zero attached hydrogens (tertiary/aromatic N) is 1. The van der Waals surface area contributed by atoms with Crippen LogP contribution in [0, 0.1) is 17.8 Å². The molecule has 0 saturated heterocycles. The summed E-state index contributed by atoms with van der Waals surface area (Å²) < 4.78 is 40.9. The van der Waals surface area contributed by atoms with Crippen LogP contribution in [0.1, 0.15) is 37.7 Å². The Morgan fingerprint density at radius 1 is 1.25 bits per heavy atom. The van der Waals surface area contributed by atoms with Gasteiger partial charge < -0.3 is 24.8 Å². The second-order valence-corrected chi connectivity index (χ2v) is 8.08. The van der Waals surface area contributed by atoms with Crippen LogP contribution in [0.3, 0.4) is 0 Å². The van der Waals surface area contributed by atoms with Crippen molar-refractivity contribution in [2.75, 3.05) is 13.8 Å². The number of benzene rings is 1. The van der Waals surface area contributed by atoms with Gasteiger partial charge in [0.25, 0.3) is 0 Å². The number of halogens is 2. The van der Waals surface area contributed by atoms with E-state index in [9.17, 15) is 13.6 Å². The summed E-state index contributed by atoms with van der Waals surface area (Å²) in [7, 11) is 1.70. The maximum absolute atomic E-state index is 13.0. The molecule has 4 rings (SSSR count). The number of carbonyl (C=O) groups excluding carboxylic acids is 1. The van der Waals surface area contributed by atoms with E-state index in [-0.39, 0.29) is 37.0 Å². The molecule has 2 aliphatic carbocycles. The van der Waals surface area contributed by atoms with Crippen molar-refractivity contribution in [3.8, 4) is 17.2 Å². The summed E-state index contributed by atoms with van der Waals surface area (Å²) >= 11 is 0. The van der Waals surface area contributed by atoms with Gasteiger partial charge in [-0.2, -0.15) is 8.78 Å². The Morgan fingerprint density at radius 3 is 2.54 bits per heavy atom. The van der Waals surface area contributed by atoms with E-state index in [0.717, 1.165) is 25.7 Å². The number of hydrogen-bond acceptors (Lipinski definition) is 5. The molecule has 2 fully saturated rings. The third-order valence-electron chi connectivity index (χ3n) is 6.32. The lowest BCUT2D eigenvalue weighted by atomic mass is 9.65. The second-order valence-electron chi connectivity index (χ2n) is 8.08. The summed E-state index contributed by atoms with van der Waals surface area (Å²) in [5.41, 5.74) is 6.79. The lowest BCUT2D eigenvalue weighted by Crippen LogP contribution is -2.49.